The quantitative estimate of drug-likeness (QED) is 0.500. The molecular formula is C16H16ClN5O2S. The highest BCUT2D eigenvalue weighted by molar-refractivity contribution is 7.80. The third-order valence-electron chi connectivity index (χ3n) is 3.94. The Labute approximate surface area is 155 Å². The van der Waals surface area contributed by atoms with E-state index in [1.807, 2.05) is 23.1 Å². The first-order chi connectivity index (χ1) is 12.0. The van der Waals surface area contributed by atoms with Crippen molar-refractivity contribution in [3.8, 4) is 0 Å². The first-order valence-electron chi connectivity index (χ1n) is 7.70. The summed E-state index contributed by atoms with van der Waals surface area (Å²) >= 11 is 11.5. The summed E-state index contributed by atoms with van der Waals surface area (Å²) in [6.45, 7) is 3.05. The van der Waals surface area contributed by atoms with Gasteiger partial charge in [0.15, 0.2) is 5.11 Å². The lowest BCUT2D eigenvalue weighted by Crippen LogP contribution is -2.50. The van der Waals surface area contributed by atoms with Gasteiger partial charge in [0.2, 0.25) is 0 Å². The molecule has 2 aromatic rings. The molecule has 3 rings (SSSR count). The van der Waals surface area contributed by atoms with Gasteiger partial charge in [-0.05, 0) is 30.4 Å². The lowest BCUT2D eigenvalue weighted by Gasteiger charge is -2.36. The van der Waals surface area contributed by atoms with Gasteiger partial charge >= 0.3 is 0 Å². The molecule has 1 aromatic carbocycles. The summed E-state index contributed by atoms with van der Waals surface area (Å²) in [6.07, 6.45) is 1.78. The Morgan fingerprint density at radius 3 is 2.64 bits per heavy atom. The standard InChI is InChI=1S/C16H16ClN5O2S/c17-13-5-4-12(22(23)24)11-14(13)19-16(25)21-9-7-20(8-10-21)15-3-1-2-6-18-15/h1-6,11H,7-10H2,(H,19,25). The minimum absolute atomic E-state index is 0.0327. The van der Waals surface area contributed by atoms with Gasteiger partial charge < -0.3 is 15.1 Å². The summed E-state index contributed by atoms with van der Waals surface area (Å²) in [7, 11) is 0. The van der Waals surface area contributed by atoms with Crippen molar-refractivity contribution in [3.05, 3.63) is 57.7 Å². The van der Waals surface area contributed by atoms with E-state index in [0.717, 1.165) is 32.0 Å². The minimum atomic E-state index is -0.462. The van der Waals surface area contributed by atoms with Crippen molar-refractivity contribution in [2.75, 3.05) is 36.4 Å². The first-order valence-corrected chi connectivity index (χ1v) is 8.49. The highest BCUT2D eigenvalue weighted by atomic mass is 35.5. The van der Waals surface area contributed by atoms with Gasteiger partial charge in [0.1, 0.15) is 5.82 Å². The molecule has 7 nitrogen and oxygen atoms in total. The van der Waals surface area contributed by atoms with Crippen molar-refractivity contribution >= 4 is 46.1 Å². The Kier molecular flexibility index (Phi) is 5.30. The number of nitro groups is 1. The van der Waals surface area contributed by atoms with Crippen LogP contribution in [0.3, 0.4) is 0 Å². The van der Waals surface area contributed by atoms with Gasteiger partial charge in [-0.15, -0.1) is 0 Å². The van der Waals surface area contributed by atoms with Gasteiger partial charge in [0.25, 0.3) is 5.69 Å². The Morgan fingerprint density at radius 2 is 2.00 bits per heavy atom. The number of piperazine rings is 1. The molecule has 1 N–H and O–H groups in total. The van der Waals surface area contributed by atoms with Crippen molar-refractivity contribution in [1.82, 2.24) is 9.88 Å². The maximum atomic E-state index is 10.9. The summed E-state index contributed by atoms with van der Waals surface area (Å²) in [4.78, 5) is 19.0. The summed E-state index contributed by atoms with van der Waals surface area (Å²) in [5, 5.41) is 14.8. The molecule has 0 amide bonds. The topological polar surface area (TPSA) is 74.5 Å². The lowest BCUT2D eigenvalue weighted by atomic mass is 10.2. The molecule has 2 heterocycles. The number of rotatable bonds is 3. The van der Waals surface area contributed by atoms with Gasteiger partial charge in [-0.1, -0.05) is 17.7 Å². The zero-order valence-corrected chi connectivity index (χ0v) is 14.8. The van der Waals surface area contributed by atoms with E-state index in [4.69, 9.17) is 23.8 Å². The van der Waals surface area contributed by atoms with Gasteiger partial charge in [-0.3, -0.25) is 10.1 Å². The number of benzene rings is 1. The second-order valence-electron chi connectivity index (χ2n) is 5.51. The van der Waals surface area contributed by atoms with E-state index < -0.39 is 4.92 Å². The van der Waals surface area contributed by atoms with E-state index in [0.29, 0.717) is 15.8 Å². The normalized spacial score (nSPS) is 14.3. The Balaban J connectivity index is 1.62. The molecule has 1 aliphatic heterocycles. The van der Waals surface area contributed by atoms with Gasteiger partial charge in [0.05, 0.1) is 15.6 Å². The molecule has 0 spiro atoms. The van der Waals surface area contributed by atoms with Crippen LogP contribution < -0.4 is 10.2 Å². The Bertz CT molecular complexity index is 781. The maximum Gasteiger partial charge on any atom is 0.271 e. The van der Waals surface area contributed by atoms with Crippen LogP contribution in [0.25, 0.3) is 0 Å². The molecule has 9 heteroatoms. The molecule has 0 unspecified atom stereocenters. The van der Waals surface area contributed by atoms with Gasteiger partial charge in [-0.2, -0.15) is 0 Å². The Morgan fingerprint density at radius 1 is 1.24 bits per heavy atom. The average molecular weight is 378 g/mol. The molecule has 0 saturated carbocycles. The van der Waals surface area contributed by atoms with Gasteiger partial charge in [0, 0.05) is 44.5 Å². The van der Waals surface area contributed by atoms with Crippen LogP contribution in [-0.4, -0.2) is 46.1 Å². The third kappa shape index (κ3) is 4.15. The van der Waals surface area contributed by atoms with Crippen molar-refractivity contribution in [2.45, 2.75) is 0 Å². The molecule has 0 atom stereocenters. The number of nitrogens with zero attached hydrogens (tertiary/aromatic N) is 4. The predicted molar refractivity (Wildman–Crippen MR) is 102 cm³/mol. The van der Waals surface area contributed by atoms with Crippen LogP contribution in [0.4, 0.5) is 17.2 Å². The highest BCUT2D eigenvalue weighted by Gasteiger charge is 2.20. The molecule has 25 heavy (non-hydrogen) atoms. The van der Waals surface area contributed by atoms with E-state index in [-0.39, 0.29) is 5.69 Å². The number of hydrogen-bond acceptors (Lipinski definition) is 5. The fraction of sp³-hybridized carbons (Fsp3) is 0.250. The molecule has 0 aliphatic carbocycles. The predicted octanol–water partition coefficient (Wildman–Crippen LogP) is 3.16. The molecule has 1 aromatic heterocycles. The van der Waals surface area contributed by atoms with Crippen LogP contribution >= 0.6 is 23.8 Å². The van der Waals surface area contributed by atoms with Crippen molar-refractivity contribution in [3.63, 3.8) is 0 Å². The van der Waals surface area contributed by atoms with Crippen LogP contribution in [-0.2, 0) is 0 Å². The van der Waals surface area contributed by atoms with E-state index in [2.05, 4.69) is 15.2 Å². The number of nitro benzene ring substituents is 1. The number of aromatic nitrogens is 1. The number of non-ortho nitro benzene ring substituents is 1. The Hall–Kier alpha value is -2.45. The summed E-state index contributed by atoms with van der Waals surface area (Å²) in [5.74, 6) is 0.947. The number of pyridine rings is 1. The molecule has 1 fully saturated rings. The second kappa shape index (κ2) is 7.62. The van der Waals surface area contributed by atoms with E-state index >= 15 is 0 Å². The SMILES string of the molecule is O=[N+]([O-])c1ccc(Cl)c(NC(=S)N2CCN(c3ccccn3)CC2)c1. The monoisotopic (exact) mass is 377 g/mol. The van der Waals surface area contributed by atoms with Crippen molar-refractivity contribution < 1.29 is 4.92 Å². The smallest absolute Gasteiger partial charge is 0.271 e. The zero-order chi connectivity index (χ0) is 17.8. The molecule has 130 valence electrons. The maximum absolute atomic E-state index is 10.9. The minimum Gasteiger partial charge on any atom is -0.353 e. The molecule has 0 radical (unpaired) electrons. The van der Waals surface area contributed by atoms with Crippen LogP contribution in [0.15, 0.2) is 42.6 Å². The largest absolute Gasteiger partial charge is 0.353 e. The van der Waals surface area contributed by atoms with Crippen LogP contribution in [0.5, 0.6) is 0 Å². The van der Waals surface area contributed by atoms with Gasteiger partial charge in [-0.25, -0.2) is 4.98 Å². The van der Waals surface area contributed by atoms with Crippen molar-refractivity contribution in [1.29, 1.82) is 0 Å². The van der Waals surface area contributed by atoms with Crippen LogP contribution in [0.1, 0.15) is 0 Å². The third-order valence-corrected chi connectivity index (χ3v) is 4.63. The van der Waals surface area contributed by atoms with E-state index in [1.54, 1.807) is 6.20 Å². The first kappa shape index (κ1) is 17.4. The zero-order valence-electron chi connectivity index (χ0n) is 13.3. The fourth-order valence-corrected chi connectivity index (χ4v) is 3.05. The number of thiocarbonyl (C=S) groups is 1. The number of halogens is 1. The molecule has 1 saturated heterocycles. The highest BCUT2D eigenvalue weighted by Crippen LogP contribution is 2.27. The molecule has 1 aliphatic rings. The summed E-state index contributed by atoms with van der Waals surface area (Å²) in [5.41, 5.74) is 0.405. The average Bonchev–Trinajstić information content (AvgIpc) is 2.64. The number of anilines is 2. The summed E-state index contributed by atoms with van der Waals surface area (Å²) in [6, 6.07) is 10.1. The van der Waals surface area contributed by atoms with Crippen LogP contribution in [0.2, 0.25) is 5.02 Å². The fourth-order valence-electron chi connectivity index (χ4n) is 2.60. The number of nitrogens with one attached hydrogen (secondary N) is 1. The summed E-state index contributed by atoms with van der Waals surface area (Å²) < 4.78 is 0. The van der Waals surface area contributed by atoms with Crippen LogP contribution in [0, 0.1) is 10.1 Å². The molecular weight excluding hydrogens is 362 g/mol. The van der Waals surface area contributed by atoms with Crippen molar-refractivity contribution in [2.24, 2.45) is 0 Å². The second-order valence-corrected chi connectivity index (χ2v) is 6.31. The van der Waals surface area contributed by atoms with E-state index in [1.165, 1.54) is 18.2 Å². The van der Waals surface area contributed by atoms with E-state index in [9.17, 15) is 10.1 Å². The lowest BCUT2D eigenvalue weighted by molar-refractivity contribution is -0.384. The molecule has 0 bridgehead atoms. The number of hydrogen-bond donors (Lipinski definition) is 1.